The van der Waals surface area contributed by atoms with Crippen molar-refractivity contribution < 1.29 is 4.79 Å². The largest absolute Gasteiger partial charge is 0.356 e. The van der Waals surface area contributed by atoms with Crippen LogP contribution < -0.4 is 4.90 Å². The summed E-state index contributed by atoms with van der Waals surface area (Å²) < 4.78 is 1.97. The summed E-state index contributed by atoms with van der Waals surface area (Å²) in [7, 11) is 0. The molecule has 33 heavy (non-hydrogen) atoms. The second-order valence-corrected chi connectivity index (χ2v) is 10.1. The van der Waals surface area contributed by atoms with E-state index in [0.29, 0.717) is 16.6 Å². The average molecular weight is 484 g/mol. The van der Waals surface area contributed by atoms with E-state index in [1.54, 1.807) is 6.33 Å². The molecule has 1 fully saturated rings. The lowest BCUT2D eigenvalue weighted by Gasteiger charge is -2.46. The maximum absolute atomic E-state index is 13.6. The predicted molar refractivity (Wildman–Crippen MR) is 131 cm³/mol. The standard InChI is InChI=1S/C25H27Cl2N5O/c1-25(2)19-14-21(27)20(26)13-18(19)7-12-32(25)24(33)17-5-10-31(11-6-17)23-15-22(28-16-29-23)30-8-3-4-9-30/h3-4,8-9,13-17H,5-7,10-12H2,1-2H3. The van der Waals surface area contributed by atoms with Gasteiger partial charge in [0.2, 0.25) is 5.91 Å². The van der Waals surface area contributed by atoms with Gasteiger partial charge in [-0.1, -0.05) is 23.2 Å². The molecular formula is C25H27Cl2N5O. The number of halogens is 2. The molecule has 0 aliphatic carbocycles. The summed E-state index contributed by atoms with van der Waals surface area (Å²) in [5.41, 5.74) is 1.84. The van der Waals surface area contributed by atoms with Gasteiger partial charge in [0.25, 0.3) is 0 Å². The van der Waals surface area contributed by atoms with Gasteiger partial charge in [0, 0.05) is 44.0 Å². The molecule has 2 aliphatic heterocycles. The number of carbonyl (C=O) groups is 1. The zero-order chi connectivity index (χ0) is 23.2. The molecular weight excluding hydrogens is 457 g/mol. The van der Waals surface area contributed by atoms with Crippen LogP contribution in [0.3, 0.4) is 0 Å². The molecule has 0 unspecified atom stereocenters. The molecule has 4 heterocycles. The number of hydrogen-bond donors (Lipinski definition) is 0. The smallest absolute Gasteiger partial charge is 0.226 e. The maximum atomic E-state index is 13.6. The van der Waals surface area contributed by atoms with Crippen LogP contribution in [0.4, 0.5) is 5.82 Å². The van der Waals surface area contributed by atoms with E-state index in [1.807, 2.05) is 52.2 Å². The summed E-state index contributed by atoms with van der Waals surface area (Å²) in [6.45, 7) is 6.50. The Balaban J connectivity index is 1.28. The van der Waals surface area contributed by atoms with E-state index < -0.39 is 5.54 Å². The van der Waals surface area contributed by atoms with Crippen LogP contribution in [0.5, 0.6) is 0 Å². The molecule has 0 N–H and O–H groups in total. The van der Waals surface area contributed by atoms with Crippen molar-refractivity contribution in [2.45, 2.75) is 38.6 Å². The summed E-state index contributed by atoms with van der Waals surface area (Å²) in [5, 5.41) is 1.11. The first-order valence-electron chi connectivity index (χ1n) is 11.3. The Labute approximate surface area is 204 Å². The maximum Gasteiger partial charge on any atom is 0.226 e. The summed E-state index contributed by atoms with van der Waals surface area (Å²) in [4.78, 5) is 26.7. The Hall–Kier alpha value is -2.57. The highest BCUT2D eigenvalue weighted by atomic mass is 35.5. The topological polar surface area (TPSA) is 54.3 Å². The molecule has 3 aromatic rings. The van der Waals surface area contributed by atoms with E-state index in [2.05, 4.69) is 28.7 Å². The zero-order valence-corrected chi connectivity index (χ0v) is 20.4. The molecule has 2 aromatic heterocycles. The Morgan fingerprint density at radius 2 is 1.64 bits per heavy atom. The fourth-order valence-electron chi connectivity index (χ4n) is 5.12. The second kappa shape index (κ2) is 8.65. The highest BCUT2D eigenvalue weighted by Crippen LogP contribution is 2.40. The van der Waals surface area contributed by atoms with Crippen LogP contribution in [0.15, 0.2) is 49.1 Å². The average Bonchev–Trinajstić information content (AvgIpc) is 3.35. The third-order valence-corrected chi connectivity index (χ3v) is 7.75. The summed E-state index contributed by atoms with van der Waals surface area (Å²) in [6.07, 6.45) is 7.95. The molecule has 172 valence electrons. The number of amides is 1. The lowest BCUT2D eigenvalue weighted by molar-refractivity contribution is -0.142. The van der Waals surface area contributed by atoms with Crippen molar-refractivity contribution in [2.24, 2.45) is 5.92 Å². The first kappa shape index (κ1) is 22.2. The van der Waals surface area contributed by atoms with E-state index in [9.17, 15) is 4.79 Å². The van der Waals surface area contributed by atoms with Gasteiger partial charge >= 0.3 is 0 Å². The van der Waals surface area contributed by atoms with E-state index in [-0.39, 0.29) is 11.8 Å². The van der Waals surface area contributed by atoms with Gasteiger partial charge in [-0.25, -0.2) is 9.97 Å². The van der Waals surface area contributed by atoms with Crippen molar-refractivity contribution in [2.75, 3.05) is 24.5 Å². The van der Waals surface area contributed by atoms with Gasteiger partial charge in [0.05, 0.1) is 15.6 Å². The van der Waals surface area contributed by atoms with Gasteiger partial charge in [0.1, 0.15) is 18.0 Å². The van der Waals surface area contributed by atoms with Gasteiger partial charge in [-0.05, 0) is 68.5 Å². The Morgan fingerprint density at radius 3 is 2.36 bits per heavy atom. The van der Waals surface area contributed by atoms with Crippen LogP contribution in [0.2, 0.25) is 10.0 Å². The lowest BCUT2D eigenvalue weighted by atomic mass is 9.81. The molecule has 2 aliphatic rings. The van der Waals surface area contributed by atoms with Gasteiger partial charge in [-0.3, -0.25) is 4.79 Å². The number of piperidine rings is 1. The van der Waals surface area contributed by atoms with Crippen molar-refractivity contribution >= 4 is 34.9 Å². The van der Waals surface area contributed by atoms with E-state index in [4.69, 9.17) is 23.2 Å². The third kappa shape index (κ3) is 4.11. The molecule has 1 amide bonds. The van der Waals surface area contributed by atoms with Crippen LogP contribution in [0, 0.1) is 5.92 Å². The normalized spacial score (nSPS) is 18.3. The molecule has 0 saturated carbocycles. The van der Waals surface area contributed by atoms with Gasteiger partial charge < -0.3 is 14.4 Å². The van der Waals surface area contributed by atoms with Crippen LogP contribution in [0.25, 0.3) is 5.82 Å². The van der Waals surface area contributed by atoms with E-state index in [0.717, 1.165) is 49.6 Å². The molecule has 0 atom stereocenters. The van der Waals surface area contributed by atoms with Gasteiger partial charge in [-0.2, -0.15) is 0 Å². The van der Waals surface area contributed by atoms with Crippen molar-refractivity contribution in [3.8, 4) is 5.82 Å². The fraction of sp³-hybridized carbons (Fsp3) is 0.400. The number of carbonyl (C=O) groups excluding carboxylic acids is 1. The van der Waals surface area contributed by atoms with Gasteiger partial charge in [-0.15, -0.1) is 0 Å². The predicted octanol–water partition coefficient (Wildman–Crippen LogP) is 5.11. The van der Waals surface area contributed by atoms with Crippen LogP contribution >= 0.6 is 23.2 Å². The third-order valence-electron chi connectivity index (χ3n) is 7.03. The molecule has 1 saturated heterocycles. The minimum Gasteiger partial charge on any atom is -0.356 e. The number of hydrogen-bond acceptors (Lipinski definition) is 4. The molecule has 0 bridgehead atoms. The highest BCUT2D eigenvalue weighted by Gasteiger charge is 2.41. The fourth-order valence-corrected chi connectivity index (χ4v) is 5.47. The monoisotopic (exact) mass is 483 g/mol. The molecule has 1 aromatic carbocycles. The minimum atomic E-state index is -0.422. The molecule has 5 rings (SSSR count). The summed E-state index contributed by atoms with van der Waals surface area (Å²) >= 11 is 12.5. The number of anilines is 1. The first-order valence-corrected chi connectivity index (χ1v) is 12.1. The van der Waals surface area contributed by atoms with E-state index >= 15 is 0 Å². The quantitative estimate of drug-likeness (QED) is 0.519. The highest BCUT2D eigenvalue weighted by molar-refractivity contribution is 6.42. The number of rotatable bonds is 3. The van der Waals surface area contributed by atoms with Crippen molar-refractivity contribution in [1.29, 1.82) is 0 Å². The van der Waals surface area contributed by atoms with Crippen LogP contribution in [-0.4, -0.2) is 45.0 Å². The first-order chi connectivity index (χ1) is 15.8. The zero-order valence-electron chi connectivity index (χ0n) is 18.8. The lowest BCUT2D eigenvalue weighted by Crippen LogP contribution is -2.53. The second-order valence-electron chi connectivity index (χ2n) is 9.31. The summed E-state index contributed by atoms with van der Waals surface area (Å²) in [6, 6.07) is 9.83. The number of benzene rings is 1. The van der Waals surface area contributed by atoms with Crippen molar-refractivity contribution in [1.82, 2.24) is 19.4 Å². The van der Waals surface area contributed by atoms with Crippen molar-refractivity contribution in [3.05, 3.63) is 70.2 Å². The number of aromatic nitrogens is 3. The molecule has 8 heteroatoms. The van der Waals surface area contributed by atoms with Gasteiger partial charge in [0.15, 0.2) is 0 Å². The number of nitrogens with zero attached hydrogens (tertiary/aromatic N) is 5. The minimum absolute atomic E-state index is 0.00982. The molecule has 6 nitrogen and oxygen atoms in total. The molecule has 0 spiro atoms. The Kier molecular flexibility index (Phi) is 5.83. The van der Waals surface area contributed by atoms with Crippen LogP contribution in [0.1, 0.15) is 37.8 Å². The van der Waals surface area contributed by atoms with Crippen LogP contribution in [-0.2, 0) is 16.8 Å². The van der Waals surface area contributed by atoms with E-state index in [1.165, 1.54) is 5.56 Å². The molecule has 0 radical (unpaired) electrons. The Bertz CT molecular complexity index is 1170. The SMILES string of the molecule is CC1(C)c2cc(Cl)c(Cl)cc2CCN1C(=O)C1CCN(c2cc(-n3cccc3)ncn2)CC1. The Morgan fingerprint density at radius 1 is 0.970 bits per heavy atom. The summed E-state index contributed by atoms with van der Waals surface area (Å²) in [5.74, 6) is 1.98. The number of fused-ring (bicyclic) bond motifs is 1. The van der Waals surface area contributed by atoms with Crippen molar-refractivity contribution in [3.63, 3.8) is 0 Å².